The van der Waals surface area contributed by atoms with Crippen molar-refractivity contribution in [2.45, 2.75) is 44.8 Å². The van der Waals surface area contributed by atoms with Crippen molar-refractivity contribution in [3.8, 4) is 5.75 Å². The van der Waals surface area contributed by atoms with Gasteiger partial charge in [0.15, 0.2) is 5.78 Å². The number of hydrogen-bond donors (Lipinski definition) is 0. The van der Waals surface area contributed by atoms with Gasteiger partial charge in [-0.15, -0.1) is 0 Å². The largest absolute Gasteiger partial charge is 0.490 e. The Balaban J connectivity index is 2.18. The average Bonchev–Trinajstić information content (AvgIpc) is 3.21. The van der Waals surface area contributed by atoms with Crippen molar-refractivity contribution in [2.24, 2.45) is 0 Å². The third kappa shape index (κ3) is 2.72. The number of ketones is 1. The maximum atomic E-state index is 12.4. The molecule has 1 aliphatic rings. The van der Waals surface area contributed by atoms with Gasteiger partial charge in [0.1, 0.15) is 11.4 Å². The lowest BCUT2D eigenvalue weighted by molar-refractivity contribution is 0.0106. The van der Waals surface area contributed by atoms with Crippen LogP contribution in [0.4, 0.5) is 0 Å². The van der Waals surface area contributed by atoms with Crippen LogP contribution in [0.15, 0.2) is 24.3 Å². The molecule has 1 atom stereocenters. The third-order valence-corrected chi connectivity index (χ3v) is 3.53. The van der Waals surface area contributed by atoms with Gasteiger partial charge in [0.2, 0.25) is 0 Å². The number of hydrogen-bond acceptors (Lipinski definition) is 3. The van der Waals surface area contributed by atoms with Gasteiger partial charge < -0.3 is 9.47 Å². The van der Waals surface area contributed by atoms with Gasteiger partial charge in [0.25, 0.3) is 0 Å². The molecule has 0 bridgehead atoms. The highest BCUT2D eigenvalue weighted by atomic mass is 16.5. The van der Waals surface area contributed by atoms with Gasteiger partial charge >= 0.3 is 0 Å². The van der Waals surface area contributed by atoms with Crippen LogP contribution in [0.5, 0.6) is 5.75 Å². The maximum absolute atomic E-state index is 12.4. The van der Waals surface area contributed by atoms with Crippen molar-refractivity contribution in [3.05, 3.63) is 29.8 Å². The highest BCUT2D eigenvalue weighted by Crippen LogP contribution is 2.28. The van der Waals surface area contributed by atoms with Crippen molar-refractivity contribution in [1.29, 1.82) is 0 Å². The van der Waals surface area contributed by atoms with Crippen LogP contribution >= 0.6 is 0 Å². The van der Waals surface area contributed by atoms with Gasteiger partial charge in [-0.1, -0.05) is 19.1 Å². The van der Waals surface area contributed by atoms with Crippen LogP contribution in [-0.4, -0.2) is 24.6 Å². The molecule has 0 saturated heterocycles. The lowest BCUT2D eigenvalue weighted by Crippen LogP contribution is -2.36. The Labute approximate surface area is 108 Å². The van der Waals surface area contributed by atoms with Crippen molar-refractivity contribution in [1.82, 2.24) is 0 Å². The predicted octanol–water partition coefficient (Wildman–Crippen LogP) is 3.23. The highest BCUT2D eigenvalue weighted by Gasteiger charge is 2.32. The Morgan fingerprint density at radius 1 is 1.44 bits per heavy atom. The van der Waals surface area contributed by atoms with Gasteiger partial charge in [0.05, 0.1) is 6.10 Å². The van der Waals surface area contributed by atoms with E-state index in [0.717, 1.165) is 18.6 Å². The van der Waals surface area contributed by atoms with E-state index in [1.807, 2.05) is 38.1 Å². The average molecular weight is 248 g/mol. The zero-order chi connectivity index (χ0) is 13.2. The number of carbonyl (C=O) groups excluding carboxylic acids is 1. The van der Waals surface area contributed by atoms with Gasteiger partial charge in [0, 0.05) is 12.7 Å². The predicted molar refractivity (Wildman–Crippen MR) is 70.1 cm³/mol. The molecule has 2 rings (SSSR count). The Bertz CT molecular complexity index is 431. The summed E-state index contributed by atoms with van der Waals surface area (Å²) in [6, 6.07) is 7.38. The fourth-order valence-corrected chi connectivity index (χ4v) is 1.79. The van der Waals surface area contributed by atoms with Gasteiger partial charge in [-0.2, -0.15) is 0 Å². The first kappa shape index (κ1) is 13.1. The fourth-order valence-electron chi connectivity index (χ4n) is 1.79. The summed E-state index contributed by atoms with van der Waals surface area (Å²) in [7, 11) is 1.58. The normalized spacial score (nSPS) is 18.2. The second kappa shape index (κ2) is 5.11. The molecule has 0 radical (unpaired) electrons. The van der Waals surface area contributed by atoms with E-state index in [4.69, 9.17) is 9.47 Å². The number of rotatable bonds is 6. The van der Waals surface area contributed by atoms with Crippen molar-refractivity contribution >= 4 is 5.78 Å². The van der Waals surface area contributed by atoms with Gasteiger partial charge in [-0.3, -0.25) is 4.79 Å². The summed E-state index contributed by atoms with van der Waals surface area (Å²) < 4.78 is 11.0. The minimum Gasteiger partial charge on any atom is -0.490 e. The molecule has 0 N–H and O–H groups in total. The molecule has 98 valence electrons. The maximum Gasteiger partial charge on any atom is 0.194 e. The van der Waals surface area contributed by atoms with Crippen LogP contribution < -0.4 is 4.74 Å². The first-order valence-electron chi connectivity index (χ1n) is 6.45. The van der Waals surface area contributed by atoms with Crippen molar-refractivity contribution in [3.63, 3.8) is 0 Å². The topological polar surface area (TPSA) is 35.5 Å². The zero-order valence-electron chi connectivity index (χ0n) is 11.2. The second-order valence-corrected chi connectivity index (χ2v) is 4.96. The smallest absolute Gasteiger partial charge is 0.194 e. The number of carbonyl (C=O) groups is 1. The fraction of sp³-hybridized carbons (Fsp3) is 0.533. The molecule has 1 unspecified atom stereocenters. The molecule has 1 saturated carbocycles. The van der Waals surface area contributed by atoms with Crippen LogP contribution in [0, 0.1) is 0 Å². The zero-order valence-corrected chi connectivity index (χ0v) is 11.2. The Hall–Kier alpha value is -1.35. The highest BCUT2D eigenvalue weighted by molar-refractivity contribution is 6.02. The molecule has 0 aromatic heterocycles. The van der Waals surface area contributed by atoms with Gasteiger partial charge in [-0.05, 0) is 38.3 Å². The van der Waals surface area contributed by atoms with E-state index in [1.165, 1.54) is 0 Å². The van der Waals surface area contributed by atoms with Crippen molar-refractivity contribution < 1.29 is 14.3 Å². The number of methoxy groups -OCH3 is 1. The van der Waals surface area contributed by atoms with E-state index in [2.05, 4.69) is 0 Å². The number of ether oxygens (including phenoxy) is 2. The molecule has 0 aliphatic heterocycles. The lowest BCUT2D eigenvalue weighted by atomic mass is 9.92. The van der Waals surface area contributed by atoms with Crippen LogP contribution in [-0.2, 0) is 4.74 Å². The SMILES string of the molecule is CCC(C)(OC)C(=O)c1cccc(OC2CC2)c1. The summed E-state index contributed by atoms with van der Waals surface area (Å²) in [6.07, 6.45) is 3.22. The molecule has 1 fully saturated rings. The number of Topliss-reactive ketones (excluding diaryl/α,β-unsaturated/α-hetero) is 1. The molecule has 1 aromatic rings. The summed E-state index contributed by atoms with van der Waals surface area (Å²) in [6.45, 7) is 3.77. The molecule has 3 heteroatoms. The molecule has 1 aromatic carbocycles. The summed E-state index contributed by atoms with van der Waals surface area (Å²) in [5.74, 6) is 0.784. The summed E-state index contributed by atoms with van der Waals surface area (Å²) in [4.78, 5) is 12.4. The molecule has 0 amide bonds. The molecular formula is C15H20O3. The van der Waals surface area contributed by atoms with E-state index in [1.54, 1.807) is 7.11 Å². The molecule has 0 heterocycles. The molecule has 1 aliphatic carbocycles. The van der Waals surface area contributed by atoms with E-state index in [-0.39, 0.29) is 5.78 Å². The van der Waals surface area contributed by atoms with Crippen LogP contribution in [0.1, 0.15) is 43.5 Å². The minimum atomic E-state index is -0.752. The third-order valence-electron chi connectivity index (χ3n) is 3.53. The van der Waals surface area contributed by atoms with Crippen LogP contribution in [0.3, 0.4) is 0 Å². The Morgan fingerprint density at radius 2 is 2.17 bits per heavy atom. The second-order valence-electron chi connectivity index (χ2n) is 4.96. The minimum absolute atomic E-state index is 0.00810. The molecule has 0 spiro atoms. The Morgan fingerprint density at radius 3 is 2.72 bits per heavy atom. The molecular weight excluding hydrogens is 228 g/mol. The number of benzene rings is 1. The lowest BCUT2D eigenvalue weighted by Gasteiger charge is -2.25. The first-order chi connectivity index (χ1) is 8.59. The van der Waals surface area contributed by atoms with Crippen molar-refractivity contribution in [2.75, 3.05) is 7.11 Å². The quantitative estimate of drug-likeness (QED) is 0.725. The summed E-state index contributed by atoms with van der Waals surface area (Å²) in [5.41, 5.74) is -0.0996. The summed E-state index contributed by atoms with van der Waals surface area (Å²) >= 11 is 0. The van der Waals surface area contributed by atoms with E-state index in [9.17, 15) is 4.79 Å². The van der Waals surface area contributed by atoms with E-state index >= 15 is 0 Å². The molecule has 18 heavy (non-hydrogen) atoms. The Kier molecular flexibility index (Phi) is 3.71. The first-order valence-corrected chi connectivity index (χ1v) is 6.45. The van der Waals surface area contributed by atoms with E-state index < -0.39 is 5.60 Å². The van der Waals surface area contributed by atoms with E-state index in [0.29, 0.717) is 18.1 Å². The van der Waals surface area contributed by atoms with Gasteiger partial charge in [-0.25, -0.2) is 0 Å². The summed E-state index contributed by atoms with van der Waals surface area (Å²) in [5, 5.41) is 0. The van der Waals surface area contributed by atoms with Crippen LogP contribution in [0.25, 0.3) is 0 Å². The standard InChI is InChI=1S/C15H20O3/c1-4-15(2,17-3)14(16)11-6-5-7-13(10-11)18-12-8-9-12/h5-7,10,12H,4,8-9H2,1-3H3. The monoisotopic (exact) mass is 248 g/mol. The molecule has 3 nitrogen and oxygen atoms in total. The van der Waals surface area contributed by atoms with Crippen LogP contribution in [0.2, 0.25) is 0 Å².